The molecule has 0 fully saturated rings. The number of unbranched alkanes of at least 4 members (excludes halogenated alkanes) is 2. The van der Waals surface area contributed by atoms with Crippen LogP contribution in [-0.2, 0) is 0 Å². The molecule has 0 saturated heterocycles. The number of hydrogen-bond donors (Lipinski definition) is 0. The standard InChI is InChI=1S/C25H40F2O2/c1-5-8-9-15-21(13-7-3)19-29-23-17-16-22(24(26)25(23)27)28-18-11-10-14-20(4)12-6-2/h5,16-17,20-21H,1,6-15,18-19H2,2-4H3. The monoisotopic (exact) mass is 410 g/mol. The molecule has 2 unspecified atom stereocenters. The van der Waals surface area contributed by atoms with E-state index in [1.165, 1.54) is 25.0 Å². The first-order valence-electron chi connectivity index (χ1n) is 11.4. The first-order chi connectivity index (χ1) is 14.0. The molecule has 0 bridgehead atoms. The van der Waals surface area contributed by atoms with Gasteiger partial charge in [-0.25, -0.2) is 0 Å². The summed E-state index contributed by atoms with van der Waals surface area (Å²) in [5.74, 6) is -0.936. The number of hydrogen-bond acceptors (Lipinski definition) is 2. The largest absolute Gasteiger partial charge is 0.490 e. The Morgan fingerprint density at radius 2 is 1.55 bits per heavy atom. The van der Waals surface area contributed by atoms with Gasteiger partial charge in [0.1, 0.15) is 0 Å². The van der Waals surface area contributed by atoms with Gasteiger partial charge < -0.3 is 9.47 Å². The molecular formula is C25H40F2O2. The van der Waals surface area contributed by atoms with Gasteiger partial charge in [-0.2, -0.15) is 8.78 Å². The van der Waals surface area contributed by atoms with Crippen molar-refractivity contribution >= 4 is 0 Å². The zero-order valence-electron chi connectivity index (χ0n) is 18.7. The molecule has 0 aliphatic rings. The molecule has 1 aromatic carbocycles. The Kier molecular flexibility index (Phi) is 13.4. The molecule has 4 heteroatoms. The molecule has 0 heterocycles. The van der Waals surface area contributed by atoms with E-state index in [1.54, 1.807) is 0 Å². The van der Waals surface area contributed by atoms with Crippen LogP contribution in [-0.4, -0.2) is 13.2 Å². The van der Waals surface area contributed by atoms with Crippen LogP contribution in [0, 0.1) is 23.5 Å². The lowest BCUT2D eigenvalue weighted by molar-refractivity contribution is 0.215. The van der Waals surface area contributed by atoms with Gasteiger partial charge in [-0.3, -0.25) is 0 Å². The summed E-state index contributed by atoms with van der Waals surface area (Å²) < 4.78 is 39.8. The number of halogens is 2. The lowest BCUT2D eigenvalue weighted by atomic mass is 9.98. The van der Waals surface area contributed by atoms with Crippen molar-refractivity contribution in [3.63, 3.8) is 0 Å². The second kappa shape index (κ2) is 15.3. The van der Waals surface area contributed by atoms with Crippen molar-refractivity contribution in [2.24, 2.45) is 11.8 Å². The Balaban J connectivity index is 2.48. The molecule has 0 saturated carbocycles. The maximum atomic E-state index is 14.4. The highest BCUT2D eigenvalue weighted by molar-refractivity contribution is 5.35. The van der Waals surface area contributed by atoms with Crippen LogP contribution in [0.3, 0.4) is 0 Å². The van der Waals surface area contributed by atoms with Gasteiger partial charge in [0.05, 0.1) is 13.2 Å². The molecule has 1 aromatic rings. The van der Waals surface area contributed by atoms with E-state index in [2.05, 4.69) is 27.4 Å². The second-order valence-electron chi connectivity index (χ2n) is 8.11. The second-order valence-corrected chi connectivity index (χ2v) is 8.11. The fourth-order valence-corrected chi connectivity index (χ4v) is 3.63. The van der Waals surface area contributed by atoms with Crippen molar-refractivity contribution in [3.8, 4) is 11.5 Å². The smallest absolute Gasteiger partial charge is 0.204 e. The van der Waals surface area contributed by atoms with Crippen LogP contribution in [0.2, 0.25) is 0 Å². The Morgan fingerprint density at radius 1 is 0.897 bits per heavy atom. The molecule has 1 rings (SSSR count). The molecule has 2 nitrogen and oxygen atoms in total. The van der Waals surface area contributed by atoms with Crippen LogP contribution in [0.4, 0.5) is 8.78 Å². The molecule has 0 spiro atoms. The molecule has 2 atom stereocenters. The van der Waals surface area contributed by atoms with Gasteiger partial charge in [0.15, 0.2) is 11.5 Å². The molecular weight excluding hydrogens is 370 g/mol. The van der Waals surface area contributed by atoms with Gasteiger partial charge >= 0.3 is 0 Å². The van der Waals surface area contributed by atoms with E-state index >= 15 is 0 Å². The predicted octanol–water partition coefficient (Wildman–Crippen LogP) is 8.10. The molecule has 0 aromatic heterocycles. The molecule has 0 aliphatic heterocycles. The lowest BCUT2D eigenvalue weighted by Crippen LogP contribution is -2.13. The van der Waals surface area contributed by atoms with Crippen LogP contribution in [0.1, 0.15) is 85.0 Å². The molecule has 166 valence electrons. The fraction of sp³-hybridized carbons (Fsp3) is 0.680. The number of rotatable bonds is 17. The SMILES string of the molecule is C=CCCCC(CCC)COc1ccc(OCCCCC(C)CCC)c(F)c1F. The van der Waals surface area contributed by atoms with Crippen LogP contribution < -0.4 is 9.47 Å². The highest BCUT2D eigenvalue weighted by Gasteiger charge is 2.17. The van der Waals surface area contributed by atoms with Gasteiger partial charge in [0, 0.05) is 0 Å². The molecule has 0 aliphatic carbocycles. The Hall–Kier alpha value is -1.58. The van der Waals surface area contributed by atoms with E-state index in [-0.39, 0.29) is 11.5 Å². The summed E-state index contributed by atoms with van der Waals surface area (Å²) >= 11 is 0. The zero-order chi connectivity index (χ0) is 21.5. The van der Waals surface area contributed by atoms with Crippen LogP contribution in [0.25, 0.3) is 0 Å². The first-order valence-corrected chi connectivity index (χ1v) is 11.4. The van der Waals surface area contributed by atoms with E-state index in [0.29, 0.717) is 25.0 Å². The number of benzene rings is 1. The zero-order valence-corrected chi connectivity index (χ0v) is 18.7. The normalized spacial score (nSPS) is 13.1. The quantitative estimate of drug-likeness (QED) is 0.191. The predicted molar refractivity (Wildman–Crippen MR) is 118 cm³/mol. The van der Waals surface area contributed by atoms with E-state index in [4.69, 9.17) is 9.47 Å². The van der Waals surface area contributed by atoms with E-state index in [1.807, 2.05) is 6.08 Å². The summed E-state index contributed by atoms with van der Waals surface area (Å²) in [6.07, 6.45) is 12.4. The van der Waals surface area contributed by atoms with E-state index in [0.717, 1.165) is 51.4 Å². The van der Waals surface area contributed by atoms with E-state index in [9.17, 15) is 8.78 Å². The van der Waals surface area contributed by atoms with Crippen molar-refractivity contribution in [2.45, 2.75) is 85.0 Å². The summed E-state index contributed by atoms with van der Waals surface area (Å²) in [5, 5.41) is 0. The fourth-order valence-electron chi connectivity index (χ4n) is 3.63. The summed E-state index contributed by atoms with van der Waals surface area (Å²) in [6.45, 7) is 11.1. The third kappa shape index (κ3) is 10.1. The summed E-state index contributed by atoms with van der Waals surface area (Å²) in [5.41, 5.74) is 0. The van der Waals surface area contributed by atoms with Crippen molar-refractivity contribution in [3.05, 3.63) is 36.4 Å². The topological polar surface area (TPSA) is 18.5 Å². The lowest BCUT2D eigenvalue weighted by Gasteiger charge is -2.17. The Morgan fingerprint density at radius 3 is 2.17 bits per heavy atom. The molecule has 0 amide bonds. The van der Waals surface area contributed by atoms with Crippen LogP contribution >= 0.6 is 0 Å². The van der Waals surface area contributed by atoms with Crippen LogP contribution in [0.15, 0.2) is 24.8 Å². The van der Waals surface area contributed by atoms with Gasteiger partial charge in [0.2, 0.25) is 11.6 Å². The van der Waals surface area contributed by atoms with Crippen molar-refractivity contribution in [2.75, 3.05) is 13.2 Å². The van der Waals surface area contributed by atoms with Gasteiger partial charge in [-0.05, 0) is 62.5 Å². The average Bonchev–Trinajstić information content (AvgIpc) is 2.70. The summed E-state index contributed by atoms with van der Waals surface area (Å²) in [4.78, 5) is 0. The third-order valence-electron chi connectivity index (χ3n) is 5.33. The number of ether oxygens (including phenoxy) is 2. The van der Waals surface area contributed by atoms with Crippen LogP contribution in [0.5, 0.6) is 11.5 Å². The maximum Gasteiger partial charge on any atom is 0.204 e. The first kappa shape index (κ1) is 25.5. The van der Waals surface area contributed by atoms with Crippen molar-refractivity contribution < 1.29 is 18.3 Å². The number of allylic oxidation sites excluding steroid dienone is 1. The molecule has 0 N–H and O–H groups in total. The Bertz CT molecular complexity index is 574. The van der Waals surface area contributed by atoms with Crippen molar-refractivity contribution in [1.29, 1.82) is 0 Å². The highest BCUT2D eigenvalue weighted by Crippen LogP contribution is 2.29. The Labute approximate surface area is 176 Å². The van der Waals surface area contributed by atoms with Gasteiger partial charge in [-0.15, -0.1) is 6.58 Å². The maximum absolute atomic E-state index is 14.4. The summed E-state index contributed by atoms with van der Waals surface area (Å²) in [7, 11) is 0. The molecule has 29 heavy (non-hydrogen) atoms. The van der Waals surface area contributed by atoms with Crippen molar-refractivity contribution in [1.82, 2.24) is 0 Å². The minimum atomic E-state index is -0.958. The minimum Gasteiger partial charge on any atom is -0.490 e. The summed E-state index contributed by atoms with van der Waals surface area (Å²) in [6, 6.07) is 2.95. The minimum absolute atomic E-state index is 0.0342. The highest BCUT2D eigenvalue weighted by atomic mass is 19.2. The average molecular weight is 411 g/mol. The molecule has 0 radical (unpaired) electrons. The van der Waals surface area contributed by atoms with Gasteiger partial charge in [-0.1, -0.05) is 52.5 Å². The van der Waals surface area contributed by atoms with E-state index < -0.39 is 11.6 Å². The van der Waals surface area contributed by atoms with Gasteiger partial charge in [0.25, 0.3) is 0 Å². The third-order valence-corrected chi connectivity index (χ3v) is 5.33.